The lowest BCUT2D eigenvalue weighted by atomic mass is 10.2. The molecule has 6 heteroatoms. The third-order valence-corrected chi connectivity index (χ3v) is 3.73. The Balaban J connectivity index is 2.25. The van der Waals surface area contributed by atoms with Crippen LogP contribution in [0.1, 0.15) is 11.8 Å². The van der Waals surface area contributed by atoms with Crippen LogP contribution in [0.5, 0.6) is 0 Å². The summed E-state index contributed by atoms with van der Waals surface area (Å²) in [7, 11) is 0. The number of benzene rings is 1. The van der Waals surface area contributed by atoms with Gasteiger partial charge in [-0.1, -0.05) is 6.07 Å². The van der Waals surface area contributed by atoms with Crippen LogP contribution in [0.2, 0.25) is 0 Å². The Morgan fingerprint density at radius 2 is 2.21 bits per heavy atom. The van der Waals surface area contributed by atoms with Gasteiger partial charge in [0.25, 0.3) is 5.69 Å². The van der Waals surface area contributed by atoms with E-state index in [2.05, 4.69) is 11.0 Å². The first-order chi connectivity index (χ1) is 9.11. The molecule has 2 N–H and O–H groups in total. The van der Waals surface area contributed by atoms with E-state index < -0.39 is 4.92 Å². The standard InChI is InChI=1S/C13H15N3O2S/c1-2-15(9-11-4-3-7-19-11)13-6-5-10(16(17)18)8-12(13)14/h3-8H,2,9,14H2,1H3. The van der Waals surface area contributed by atoms with Crippen molar-refractivity contribution in [2.45, 2.75) is 13.5 Å². The molecule has 0 unspecified atom stereocenters. The number of thiophene rings is 1. The average Bonchev–Trinajstić information content (AvgIpc) is 2.89. The van der Waals surface area contributed by atoms with Gasteiger partial charge in [-0.25, -0.2) is 0 Å². The van der Waals surface area contributed by atoms with E-state index >= 15 is 0 Å². The highest BCUT2D eigenvalue weighted by Gasteiger charge is 2.13. The first-order valence-corrected chi connectivity index (χ1v) is 6.81. The van der Waals surface area contributed by atoms with E-state index in [9.17, 15) is 10.1 Å². The van der Waals surface area contributed by atoms with Gasteiger partial charge in [0.05, 0.1) is 22.8 Å². The quantitative estimate of drug-likeness (QED) is 0.517. The van der Waals surface area contributed by atoms with Gasteiger partial charge in [0.1, 0.15) is 0 Å². The normalized spacial score (nSPS) is 10.4. The van der Waals surface area contributed by atoms with E-state index in [4.69, 9.17) is 5.73 Å². The zero-order valence-electron chi connectivity index (χ0n) is 10.6. The van der Waals surface area contributed by atoms with Gasteiger partial charge in [-0.05, 0) is 24.4 Å². The molecule has 0 aliphatic rings. The Kier molecular flexibility index (Phi) is 4.01. The highest BCUT2D eigenvalue weighted by atomic mass is 32.1. The Morgan fingerprint density at radius 3 is 2.74 bits per heavy atom. The van der Waals surface area contributed by atoms with E-state index in [1.165, 1.54) is 17.0 Å². The van der Waals surface area contributed by atoms with E-state index in [0.29, 0.717) is 5.69 Å². The number of nitrogens with two attached hydrogens (primary N) is 1. The van der Waals surface area contributed by atoms with Crippen LogP contribution in [-0.2, 0) is 6.54 Å². The molecule has 2 aromatic rings. The molecule has 0 saturated heterocycles. The van der Waals surface area contributed by atoms with Crippen LogP contribution >= 0.6 is 11.3 Å². The summed E-state index contributed by atoms with van der Waals surface area (Å²) in [6.07, 6.45) is 0. The molecule has 0 spiro atoms. The maximum atomic E-state index is 10.7. The molecule has 1 aromatic carbocycles. The maximum absolute atomic E-state index is 10.7. The van der Waals surface area contributed by atoms with Gasteiger partial charge in [-0.3, -0.25) is 10.1 Å². The second kappa shape index (κ2) is 5.71. The van der Waals surface area contributed by atoms with Crippen LogP contribution in [0.4, 0.5) is 17.1 Å². The minimum absolute atomic E-state index is 0.0217. The monoisotopic (exact) mass is 277 g/mol. The molecule has 0 saturated carbocycles. The number of nitrogens with zero attached hydrogens (tertiary/aromatic N) is 2. The zero-order chi connectivity index (χ0) is 13.8. The van der Waals surface area contributed by atoms with Crippen molar-refractivity contribution in [1.82, 2.24) is 0 Å². The van der Waals surface area contributed by atoms with Crippen LogP contribution in [-0.4, -0.2) is 11.5 Å². The predicted octanol–water partition coefficient (Wildman–Crippen LogP) is 3.27. The van der Waals surface area contributed by atoms with E-state index in [0.717, 1.165) is 18.8 Å². The van der Waals surface area contributed by atoms with Crippen molar-refractivity contribution in [2.75, 3.05) is 17.2 Å². The Hall–Kier alpha value is -2.08. The number of non-ortho nitro benzene ring substituents is 1. The second-order valence-electron chi connectivity index (χ2n) is 4.09. The summed E-state index contributed by atoms with van der Waals surface area (Å²) < 4.78 is 0. The lowest BCUT2D eigenvalue weighted by Crippen LogP contribution is -2.22. The summed E-state index contributed by atoms with van der Waals surface area (Å²) in [5, 5.41) is 12.7. The van der Waals surface area contributed by atoms with Crippen molar-refractivity contribution < 1.29 is 4.92 Å². The summed E-state index contributed by atoms with van der Waals surface area (Å²) >= 11 is 1.68. The average molecular weight is 277 g/mol. The van der Waals surface area contributed by atoms with Crippen LogP contribution in [0.3, 0.4) is 0 Å². The molecule has 1 heterocycles. The fraction of sp³-hybridized carbons (Fsp3) is 0.231. The van der Waals surface area contributed by atoms with Crippen molar-refractivity contribution in [2.24, 2.45) is 0 Å². The van der Waals surface area contributed by atoms with Gasteiger partial charge in [0.2, 0.25) is 0 Å². The molecule has 2 rings (SSSR count). The van der Waals surface area contributed by atoms with Crippen LogP contribution in [0.25, 0.3) is 0 Å². The van der Waals surface area contributed by atoms with Gasteiger partial charge in [-0.2, -0.15) is 0 Å². The van der Waals surface area contributed by atoms with Crippen molar-refractivity contribution in [1.29, 1.82) is 0 Å². The summed E-state index contributed by atoms with van der Waals surface area (Å²) in [5.74, 6) is 0. The van der Waals surface area contributed by atoms with E-state index in [1.54, 1.807) is 17.4 Å². The van der Waals surface area contributed by atoms with Gasteiger partial charge < -0.3 is 10.6 Å². The molecule has 100 valence electrons. The lowest BCUT2D eigenvalue weighted by molar-refractivity contribution is -0.384. The van der Waals surface area contributed by atoms with Gasteiger partial charge in [0.15, 0.2) is 0 Å². The molecule has 0 fully saturated rings. The Labute approximate surface area is 115 Å². The fourth-order valence-electron chi connectivity index (χ4n) is 1.90. The molecule has 0 radical (unpaired) electrons. The number of hydrogen-bond donors (Lipinski definition) is 1. The molecule has 19 heavy (non-hydrogen) atoms. The Morgan fingerprint density at radius 1 is 1.42 bits per heavy atom. The summed E-state index contributed by atoms with van der Waals surface area (Å²) in [6, 6.07) is 8.68. The molecule has 0 atom stereocenters. The topological polar surface area (TPSA) is 72.4 Å². The SMILES string of the molecule is CCN(Cc1cccs1)c1ccc([N+](=O)[O-])cc1N. The molecule has 0 bridgehead atoms. The van der Waals surface area contributed by atoms with Crippen molar-refractivity contribution in [3.05, 3.63) is 50.7 Å². The minimum atomic E-state index is -0.435. The van der Waals surface area contributed by atoms with Gasteiger partial charge >= 0.3 is 0 Å². The number of rotatable bonds is 5. The van der Waals surface area contributed by atoms with Gasteiger partial charge in [0, 0.05) is 23.6 Å². The first-order valence-electron chi connectivity index (χ1n) is 5.93. The second-order valence-corrected chi connectivity index (χ2v) is 5.13. The number of anilines is 2. The van der Waals surface area contributed by atoms with Gasteiger partial charge in [-0.15, -0.1) is 11.3 Å². The first kappa shape index (κ1) is 13.4. The molecule has 0 aliphatic carbocycles. The molecule has 5 nitrogen and oxygen atoms in total. The molecular formula is C13H15N3O2S. The third kappa shape index (κ3) is 3.03. The van der Waals surface area contributed by atoms with Crippen LogP contribution in [0, 0.1) is 10.1 Å². The molecule has 1 aromatic heterocycles. The predicted molar refractivity (Wildman–Crippen MR) is 78.6 cm³/mol. The molecule has 0 aliphatic heterocycles. The largest absolute Gasteiger partial charge is 0.397 e. The summed E-state index contributed by atoms with van der Waals surface area (Å²) in [5.41, 5.74) is 7.22. The molecular weight excluding hydrogens is 262 g/mol. The van der Waals surface area contributed by atoms with Crippen molar-refractivity contribution in [3.8, 4) is 0 Å². The molecule has 0 amide bonds. The van der Waals surface area contributed by atoms with E-state index in [-0.39, 0.29) is 5.69 Å². The summed E-state index contributed by atoms with van der Waals surface area (Å²) in [6.45, 7) is 3.59. The van der Waals surface area contributed by atoms with Crippen molar-refractivity contribution >= 4 is 28.4 Å². The smallest absolute Gasteiger partial charge is 0.271 e. The maximum Gasteiger partial charge on any atom is 0.271 e. The number of nitro benzene ring substituents is 1. The lowest BCUT2D eigenvalue weighted by Gasteiger charge is -2.23. The number of nitro groups is 1. The van der Waals surface area contributed by atoms with E-state index in [1.807, 2.05) is 18.4 Å². The van der Waals surface area contributed by atoms with Crippen molar-refractivity contribution in [3.63, 3.8) is 0 Å². The van der Waals surface area contributed by atoms with Crippen LogP contribution in [0.15, 0.2) is 35.7 Å². The highest BCUT2D eigenvalue weighted by molar-refractivity contribution is 7.09. The number of nitrogen functional groups attached to an aromatic ring is 1. The highest BCUT2D eigenvalue weighted by Crippen LogP contribution is 2.29. The van der Waals surface area contributed by atoms with Crippen LogP contribution < -0.4 is 10.6 Å². The zero-order valence-corrected chi connectivity index (χ0v) is 11.4. The number of hydrogen-bond acceptors (Lipinski definition) is 5. The minimum Gasteiger partial charge on any atom is -0.397 e. The Bertz CT molecular complexity index is 569. The summed E-state index contributed by atoms with van der Waals surface area (Å²) in [4.78, 5) is 13.6. The third-order valence-electron chi connectivity index (χ3n) is 2.87. The fourth-order valence-corrected chi connectivity index (χ4v) is 2.62.